The number of carbonyl (C=O) groups is 2. The van der Waals surface area contributed by atoms with E-state index in [4.69, 9.17) is 4.74 Å². The summed E-state index contributed by atoms with van der Waals surface area (Å²) < 4.78 is 5.56. The Hall–Kier alpha value is -3.91. The molecule has 0 saturated carbocycles. The van der Waals surface area contributed by atoms with Crippen LogP contribution in [0.25, 0.3) is 27.7 Å². The molecule has 0 fully saturated rings. The topological polar surface area (TPSA) is 99.4 Å². The van der Waals surface area contributed by atoms with Gasteiger partial charge in [0.1, 0.15) is 11.4 Å². The van der Waals surface area contributed by atoms with Crippen LogP contribution in [0.3, 0.4) is 0 Å². The first-order valence-electron chi connectivity index (χ1n) is 14.5. The predicted octanol–water partition coefficient (Wildman–Crippen LogP) is 6.42. The molecule has 1 aromatic carbocycles. The van der Waals surface area contributed by atoms with Crippen LogP contribution in [-0.4, -0.2) is 61.0 Å². The van der Waals surface area contributed by atoms with Crippen LogP contribution in [0.15, 0.2) is 60.6 Å². The van der Waals surface area contributed by atoms with Crippen LogP contribution in [0.4, 0.5) is 0 Å². The number of para-hydroxylation sites is 1. The highest BCUT2D eigenvalue weighted by atomic mass is 16.5. The van der Waals surface area contributed by atoms with Gasteiger partial charge in [0.05, 0.1) is 19.6 Å². The molecule has 0 saturated heterocycles. The lowest BCUT2D eigenvalue weighted by molar-refractivity contribution is -0.131. The van der Waals surface area contributed by atoms with Crippen LogP contribution in [0.2, 0.25) is 0 Å². The average molecular weight is 564 g/mol. The third kappa shape index (κ3) is 9.90. The Morgan fingerprint density at radius 2 is 1.78 bits per heavy atom. The summed E-state index contributed by atoms with van der Waals surface area (Å²) in [5.74, 6) is 0.0194. The van der Waals surface area contributed by atoms with Crippen molar-refractivity contribution in [3.8, 4) is 16.9 Å². The van der Waals surface area contributed by atoms with Crippen LogP contribution >= 0.6 is 0 Å². The first-order valence-corrected chi connectivity index (χ1v) is 14.5. The monoisotopic (exact) mass is 563 g/mol. The molecule has 224 valence electrons. The van der Waals surface area contributed by atoms with Crippen molar-refractivity contribution >= 4 is 28.4 Å². The summed E-state index contributed by atoms with van der Waals surface area (Å²) >= 11 is 0. The molecule has 3 rings (SSSR count). The highest BCUT2D eigenvalue weighted by Crippen LogP contribution is 2.35. The molecule has 3 N–H and O–H groups in total. The van der Waals surface area contributed by atoms with Gasteiger partial charge in [0, 0.05) is 48.7 Å². The maximum Gasteiger partial charge on any atom is 0.238 e. The zero-order valence-corrected chi connectivity index (χ0v) is 26.5. The lowest BCUT2D eigenvalue weighted by atomic mass is 10.0. The Bertz CT molecular complexity index is 1310. The summed E-state index contributed by atoms with van der Waals surface area (Å²) in [5.41, 5.74) is 5.19. The average Bonchev–Trinajstić information content (AvgIpc) is 3.43. The second-order valence-corrected chi connectivity index (χ2v) is 9.17. The second kappa shape index (κ2) is 18.4. The first-order chi connectivity index (χ1) is 19.8. The zero-order chi connectivity index (χ0) is 30.9. The van der Waals surface area contributed by atoms with Gasteiger partial charge in [-0.25, -0.2) is 4.98 Å². The molecule has 2 heterocycles. The van der Waals surface area contributed by atoms with Crippen molar-refractivity contribution in [1.29, 1.82) is 0 Å². The van der Waals surface area contributed by atoms with E-state index in [0.29, 0.717) is 5.70 Å². The van der Waals surface area contributed by atoms with Gasteiger partial charge in [0.2, 0.25) is 11.8 Å². The van der Waals surface area contributed by atoms with Crippen molar-refractivity contribution in [3.63, 3.8) is 0 Å². The van der Waals surface area contributed by atoms with Crippen LogP contribution in [0.5, 0.6) is 5.75 Å². The number of rotatable bonds is 11. The Morgan fingerprint density at radius 1 is 1.10 bits per heavy atom. The molecule has 0 radical (unpaired) electrons. The lowest BCUT2D eigenvalue weighted by Gasteiger charge is -2.20. The number of amides is 2. The fourth-order valence-electron chi connectivity index (χ4n) is 4.02. The minimum absolute atomic E-state index is 0.0871. The quantitative estimate of drug-likeness (QED) is 0.185. The third-order valence-corrected chi connectivity index (χ3v) is 6.17. The number of nitrogens with one attached hydrogen (secondary N) is 3. The van der Waals surface area contributed by atoms with Crippen molar-refractivity contribution in [2.45, 2.75) is 54.9 Å². The molecule has 2 amide bonds. The number of benzene rings is 1. The van der Waals surface area contributed by atoms with E-state index in [1.807, 2.05) is 90.4 Å². The van der Waals surface area contributed by atoms with Crippen molar-refractivity contribution < 1.29 is 14.3 Å². The van der Waals surface area contributed by atoms with E-state index in [1.165, 1.54) is 4.90 Å². The summed E-state index contributed by atoms with van der Waals surface area (Å²) in [4.78, 5) is 34.5. The van der Waals surface area contributed by atoms with E-state index in [0.717, 1.165) is 52.0 Å². The molecule has 0 bridgehead atoms. The number of hydrogen-bond donors (Lipinski definition) is 3. The number of ether oxygens (including phenoxy) is 1. The summed E-state index contributed by atoms with van der Waals surface area (Å²) in [6, 6.07) is 9.96. The predicted molar refractivity (Wildman–Crippen MR) is 172 cm³/mol. The SMILES string of the molecule is CC.CC.CCCNCC(=O)N/C(=C/C=C(\C)c1cnc2[nH]cc(-c3ccccc3OC)c2c1)C(C)C(=O)N(C)C. The number of nitrogens with zero attached hydrogens (tertiary/aromatic N) is 2. The maximum absolute atomic E-state index is 12.7. The van der Waals surface area contributed by atoms with Gasteiger partial charge in [-0.2, -0.15) is 0 Å². The van der Waals surface area contributed by atoms with Gasteiger partial charge >= 0.3 is 0 Å². The summed E-state index contributed by atoms with van der Waals surface area (Å²) in [5, 5.41) is 6.99. The smallest absolute Gasteiger partial charge is 0.238 e. The first kappa shape index (κ1) is 35.1. The van der Waals surface area contributed by atoms with E-state index in [2.05, 4.69) is 26.7 Å². The van der Waals surface area contributed by atoms with Crippen molar-refractivity contribution in [2.75, 3.05) is 34.3 Å². The lowest BCUT2D eigenvalue weighted by Crippen LogP contribution is -2.39. The molecule has 8 nitrogen and oxygen atoms in total. The standard InChI is InChI=1S/C29H37N5O3.2C2H6/c1-7-14-30-18-27(35)33-25(20(3)29(36)34(4)5)13-12-19(2)21-15-23-24(17-32-28(23)31-16-21)22-10-8-9-11-26(22)37-6;2*1-2/h8-13,15-17,20,30H,7,14,18H2,1-6H3,(H,31,32)(H,33,35);2*1-2H3/b19-12+,25-13+;;. The third-order valence-electron chi connectivity index (χ3n) is 6.17. The maximum atomic E-state index is 12.7. The van der Waals surface area contributed by atoms with E-state index < -0.39 is 5.92 Å². The number of carbonyl (C=O) groups excluding carboxylic acids is 2. The Balaban J connectivity index is 0.00000201. The van der Waals surface area contributed by atoms with Gasteiger partial charge in [-0.3, -0.25) is 9.59 Å². The number of aromatic amines is 1. The number of hydrogen-bond acceptors (Lipinski definition) is 5. The van der Waals surface area contributed by atoms with Crippen LogP contribution in [-0.2, 0) is 9.59 Å². The fourth-order valence-corrected chi connectivity index (χ4v) is 4.02. The summed E-state index contributed by atoms with van der Waals surface area (Å²) in [7, 11) is 5.08. The number of pyridine rings is 1. The number of fused-ring (bicyclic) bond motifs is 1. The molecule has 2 aromatic heterocycles. The molecule has 0 spiro atoms. The molecule has 1 atom stereocenters. The van der Waals surface area contributed by atoms with Gasteiger partial charge in [-0.05, 0) is 56.2 Å². The largest absolute Gasteiger partial charge is 0.496 e. The number of methoxy groups -OCH3 is 1. The van der Waals surface area contributed by atoms with Gasteiger partial charge in [-0.1, -0.05) is 58.9 Å². The van der Waals surface area contributed by atoms with Gasteiger partial charge in [0.15, 0.2) is 0 Å². The molecular weight excluding hydrogens is 514 g/mol. The van der Waals surface area contributed by atoms with Crippen LogP contribution in [0, 0.1) is 5.92 Å². The molecule has 0 aliphatic rings. The highest BCUT2D eigenvalue weighted by Gasteiger charge is 2.21. The molecule has 0 aliphatic carbocycles. The second-order valence-electron chi connectivity index (χ2n) is 9.17. The number of H-pyrrole nitrogens is 1. The molecule has 1 unspecified atom stereocenters. The van der Waals surface area contributed by atoms with Gasteiger partial charge < -0.3 is 25.3 Å². The molecule has 8 heteroatoms. The Labute approximate surface area is 246 Å². The van der Waals surface area contributed by atoms with Gasteiger partial charge in [-0.15, -0.1) is 0 Å². The minimum atomic E-state index is -0.503. The molecule has 41 heavy (non-hydrogen) atoms. The molecular formula is C33H49N5O3. The fraction of sp³-hybridized carbons (Fsp3) is 0.424. The number of aromatic nitrogens is 2. The zero-order valence-electron chi connectivity index (χ0n) is 26.5. The minimum Gasteiger partial charge on any atom is -0.496 e. The van der Waals surface area contributed by atoms with E-state index in [9.17, 15) is 9.59 Å². The van der Waals surface area contributed by atoms with Crippen molar-refractivity contribution in [1.82, 2.24) is 25.5 Å². The molecule has 0 aliphatic heterocycles. The van der Waals surface area contributed by atoms with Crippen molar-refractivity contribution in [3.05, 3.63) is 66.1 Å². The number of allylic oxidation sites excluding steroid dienone is 3. The van der Waals surface area contributed by atoms with Gasteiger partial charge in [0.25, 0.3) is 0 Å². The summed E-state index contributed by atoms with van der Waals surface area (Å²) in [6.45, 7) is 14.8. The van der Waals surface area contributed by atoms with E-state index >= 15 is 0 Å². The van der Waals surface area contributed by atoms with E-state index in [1.54, 1.807) is 28.1 Å². The van der Waals surface area contributed by atoms with Crippen LogP contribution in [0.1, 0.15) is 60.5 Å². The summed E-state index contributed by atoms with van der Waals surface area (Å²) in [6.07, 6.45) is 8.40. The van der Waals surface area contributed by atoms with E-state index in [-0.39, 0.29) is 18.4 Å². The highest BCUT2D eigenvalue weighted by molar-refractivity contribution is 5.96. The van der Waals surface area contributed by atoms with Crippen molar-refractivity contribution in [2.24, 2.45) is 5.92 Å². The molecule has 3 aromatic rings. The normalized spacial score (nSPS) is 12.0. The Morgan fingerprint density at radius 3 is 2.41 bits per heavy atom. The van der Waals surface area contributed by atoms with Crippen LogP contribution < -0.4 is 15.4 Å². The Kier molecular flexibility index (Phi) is 15.8.